The van der Waals surface area contributed by atoms with Gasteiger partial charge in [0.15, 0.2) is 0 Å². The Balaban J connectivity index is 2.64. The third-order valence-electron chi connectivity index (χ3n) is 2.26. The van der Waals surface area contributed by atoms with Crippen molar-refractivity contribution in [1.82, 2.24) is 0 Å². The van der Waals surface area contributed by atoms with E-state index >= 15 is 0 Å². The fourth-order valence-electron chi connectivity index (χ4n) is 1.46. The van der Waals surface area contributed by atoms with E-state index in [1.807, 2.05) is 0 Å². The molecule has 0 fully saturated rings. The maximum atomic E-state index is 13.4. The van der Waals surface area contributed by atoms with Crippen molar-refractivity contribution in [1.29, 1.82) is 0 Å². The van der Waals surface area contributed by atoms with E-state index in [9.17, 15) is 14.3 Å². The Morgan fingerprint density at radius 3 is 2.88 bits per heavy atom. The van der Waals surface area contributed by atoms with Crippen molar-refractivity contribution in [3.63, 3.8) is 0 Å². The number of benzene rings is 1. The second-order valence-electron chi connectivity index (χ2n) is 3.49. The first-order valence-electron chi connectivity index (χ1n) is 5.33. The van der Waals surface area contributed by atoms with Gasteiger partial charge in [-0.2, -0.15) is 0 Å². The second-order valence-corrected chi connectivity index (χ2v) is 3.90. The van der Waals surface area contributed by atoms with Gasteiger partial charge in [0.05, 0.1) is 12.7 Å². The van der Waals surface area contributed by atoms with Gasteiger partial charge in [0.2, 0.25) is 0 Å². The third kappa shape index (κ3) is 3.98. The van der Waals surface area contributed by atoms with Crippen LogP contribution in [0.5, 0.6) is 0 Å². The van der Waals surface area contributed by atoms with Gasteiger partial charge in [-0.3, -0.25) is 4.79 Å². The number of hydrogen-bond acceptors (Lipinski definition) is 3. The first-order valence-corrected chi connectivity index (χ1v) is 5.71. The van der Waals surface area contributed by atoms with Crippen LogP contribution in [0, 0.1) is 5.82 Å². The summed E-state index contributed by atoms with van der Waals surface area (Å²) in [6.45, 7) is 1.98. The fourth-order valence-corrected chi connectivity index (χ4v) is 1.75. The van der Waals surface area contributed by atoms with E-state index in [2.05, 4.69) is 0 Å². The molecule has 1 aromatic carbocycles. The van der Waals surface area contributed by atoms with E-state index in [-0.39, 0.29) is 30.0 Å². The first kappa shape index (κ1) is 13.9. The lowest BCUT2D eigenvalue weighted by atomic mass is 10.0. The molecular weight excluding hydrogens is 247 g/mol. The molecule has 3 nitrogen and oxygen atoms in total. The summed E-state index contributed by atoms with van der Waals surface area (Å²) in [6.07, 6.45) is -0.993. The zero-order chi connectivity index (χ0) is 12.8. The largest absolute Gasteiger partial charge is 0.466 e. The summed E-state index contributed by atoms with van der Waals surface area (Å²) in [5.74, 6) is -0.993. The number of halogens is 2. The summed E-state index contributed by atoms with van der Waals surface area (Å²) in [5.41, 5.74) is 0.0264. The molecule has 1 N–H and O–H groups in total. The molecule has 1 rings (SSSR count). The number of esters is 1. The monoisotopic (exact) mass is 260 g/mol. The highest BCUT2D eigenvalue weighted by Crippen LogP contribution is 2.28. The molecule has 0 amide bonds. The van der Waals surface area contributed by atoms with Gasteiger partial charge >= 0.3 is 5.97 Å². The van der Waals surface area contributed by atoms with Crippen molar-refractivity contribution in [2.24, 2.45) is 0 Å². The zero-order valence-corrected chi connectivity index (χ0v) is 10.2. The van der Waals surface area contributed by atoms with Crippen LogP contribution in [-0.2, 0) is 9.53 Å². The Labute approximate surface area is 104 Å². The minimum Gasteiger partial charge on any atom is -0.466 e. The maximum Gasteiger partial charge on any atom is 0.305 e. The van der Waals surface area contributed by atoms with E-state index in [4.69, 9.17) is 16.3 Å². The molecule has 0 aliphatic rings. The molecule has 0 aromatic heterocycles. The predicted octanol–water partition coefficient (Wildman–Crippen LogP) is 2.86. The molecule has 17 heavy (non-hydrogen) atoms. The SMILES string of the molecule is CCOC(=O)CCC(O)c1c(F)cccc1Cl. The molecule has 0 radical (unpaired) electrons. The smallest absolute Gasteiger partial charge is 0.305 e. The van der Waals surface area contributed by atoms with Crippen LogP contribution in [0.1, 0.15) is 31.4 Å². The van der Waals surface area contributed by atoms with Crippen molar-refractivity contribution >= 4 is 17.6 Å². The van der Waals surface area contributed by atoms with Gasteiger partial charge in [0.25, 0.3) is 0 Å². The average molecular weight is 261 g/mol. The summed E-state index contributed by atoms with van der Waals surface area (Å²) in [5, 5.41) is 9.92. The van der Waals surface area contributed by atoms with Crippen LogP contribution in [0.2, 0.25) is 5.02 Å². The Hall–Kier alpha value is -1.13. The Morgan fingerprint density at radius 2 is 2.29 bits per heavy atom. The van der Waals surface area contributed by atoms with Crippen LogP contribution in [-0.4, -0.2) is 17.7 Å². The lowest BCUT2D eigenvalue weighted by Crippen LogP contribution is -2.08. The van der Waals surface area contributed by atoms with E-state index < -0.39 is 17.9 Å². The molecule has 0 saturated heterocycles. The number of rotatable bonds is 5. The summed E-state index contributed by atoms with van der Waals surface area (Å²) >= 11 is 5.78. The summed E-state index contributed by atoms with van der Waals surface area (Å²) in [6, 6.07) is 4.17. The van der Waals surface area contributed by atoms with Gasteiger partial charge in [-0.05, 0) is 25.5 Å². The fraction of sp³-hybridized carbons (Fsp3) is 0.417. The lowest BCUT2D eigenvalue weighted by molar-refractivity contribution is -0.143. The van der Waals surface area contributed by atoms with E-state index in [0.29, 0.717) is 0 Å². The van der Waals surface area contributed by atoms with Crippen LogP contribution < -0.4 is 0 Å². The zero-order valence-electron chi connectivity index (χ0n) is 9.45. The van der Waals surface area contributed by atoms with Crippen molar-refractivity contribution in [3.8, 4) is 0 Å². The number of carbonyl (C=O) groups is 1. The summed E-state index contributed by atoms with van der Waals surface area (Å²) in [4.78, 5) is 11.1. The van der Waals surface area contributed by atoms with Gasteiger partial charge in [-0.25, -0.2) is 4.39 Å². The molecule has 0 aliphatic heterocycles. The van der Waals surface area contributed by atoms with Crippen LogP contribution in [0.15, 0.2) is 18.2 Å². The number of aliphatic hydroxyl groups excluding tert-OH is 1. The maximum absolute atomic E-state index is 13.4. The molecule has 5 heteroatoms. The van der Waals surface area contributed by atoms with E-state index in [1.54, 1.807) is 6.92 Å². The van der Waals surface area contributed by atoms with Gasteiger partial charge in [0.1, 0.15) is 5.82 Å². The van der Waals surface area contributed by atoms with Crippen LogP contribution in [0.3, 0.4) is 0 Å². The van der Waals surface area contributed by atoms with Gasteiger partial charge in [-0.15, -0.1) is 0 Å². The number of hydrogen-bond donors (Lipinski definition) is 1. The summed E-state index contributed by atoms with van der Waals surface area (Å²) in [7, 11) is 0. The second kappa shape index (κ2) is 6.57. The van der Waals surface area contributed by atoms with Gasteiger partial charge in [0, 0.05) is 17.0 Å². The van der Waals surface area contributed by atoms with Crippen LogP contribution >= 0.6 is 11.6 Å². The van der Waals surface area contributed by atoms with Crippen molar-refractivity contribution in [2.75, 3.05) is 6.61 Å². The molecule has 1 atom stereocenters. The van der Waals surface area contributed by atoms with E-state index in [1.165, 1.54) is 18.2 Å². The van der Waals surface area contributed by atoms with Gasteiger partial charge in [-0.1, -0.05) is 17.7 Å². The quantitative estimate of drug-likeness (QED) is 0.828. The van der Waals surface area contributed by atoms with Crippen molar-refractivity contribution in [3.05, 3.63) is 34.6 Å². The Kier molecular flexibility index (Phi) is 5.38. The molecule has 0 bridgehead atoms. The molecule has 0 aliphatic carbocycles. The number of aliphatic hydroxyl groups is 1. The molecule has 0 heterocycles. The van der Waals surface area contributed by atoms with Crippen molar-refractivity contribution in [2.45, 2.75) is 25.9 Å². The molecule has 1 unspecified atom stereocenters. The number of carbonyl (C=O) groups excluding carboxylic acids is 1. The Morgan fingerprint density at radius 1 is 1.59 bits per heavy atom. The third-order valence-corrected chi connectivity index (χ3v) is 2.59. The summed E-state index contributed by atoms with van der Waals surface area (Å²) < 4.78 is 18.1. The highest BCUT2D eigenvalue weighted by atomic mass is 35.5. The molecule has 0 spiro atoms. The minimum atomic E-state index is -1.10. The average Bonchev–Trinajstić information content (AvgIpc) is 2.26. The van der Waals surface area contributed by atoms with Gasteiger partial charge < -0.3 is 9.84 Å². The standard InChI is InChI=1S/C12H14ClFO3/c1-2-17-11(16)7-6-10(15)12-8(13)4-3-5-9(12)14/h3-5,10,15H,2,6-7H2,1H3. The number of ether oxygens (including phenoxy) is 1. The van der Waals surface area contributed by atoms with Crippen LogP contribution in [0.25, 0.3) is 0 Å². The van der Waals surface area contributed by atoms with Crippen LogP contribution in [0.4, 0.5) is 4.39 Å². The van der Waals surface area contributed by atoms with E-state index in [0.717, 1.165) is 0 Å². The highest BCUT2D eigenvalue weighted by molar-refractivity contribution is 6.31. The normalized spacial score (nSPS) is 12.2. The lowest BCUT2D eigenvalue weighted by Gasteiger charge is -2.13. The highest BCUT2D eigenvalue weighted by Gasteiger charge is 2.17. The topological polar surface area (TPSA) is 46.5 Å². The molecule has 0 saturated carbocycles. The molecular formula is C12H14ClFO3. The van der Waals surface area contributed by atoms with Crippen molar-refractivity contribution < 1.29 is 19.0 Å². The minimum absolute atomic E-state index is 0.0264. The Bertz CT molecular complexity index is 375. The molecule has 1 aromatic rings. The predicted molar refractivity (Wildman–Crippen MR) is 62.2 cm³/mol. The molecule has 94 valence electrons. The first-order chi connectivity index (χ1) is 8.06.